The van der Waals surface area contributed by atoms with E-state index in [1.54, 1.807) is 6.92 Å². The molecule has 0 bridgehead atoms. The molecule has 1 aromatic carbocycles. The van der Waals surface area contributed by atoms with Gasteiger partial charge in [0.15, 0.2) is 0 Å². The zero-order chi connectivity index (χ0) is 13.7. The fourth-order valence-corrected chi connectivity index (χ4v) is 2.09. The Morgan fingerprint density at radius 1 is 1.32 bits per heavy atom. The molecule has 5 nitrogen and oxygen atoms in total. The number of ether oxygens (including phenoxy) is 1. The van der Waals surface area contributed by atoms with E-state index in [9.17, 15) is 9.59 Å². The van der Waals surface area contributed by atoms with Crippen LogP contribution in [0.3, 0.4) is 0 Å². The lowest BCUT2D eigenvalue weighted by atomic mass is 10.2. The van der Waals surface area contributed by atoms with Crippen LogP contribution in [0.5, 0.6) is 5.75 Å². The SMILES string of the molecule is CCN1C(=O)CC(NCCOc2ccccc2)C1=O. The number of amides is 2. The van der Waals surface area contributed by atoms with Gasteiger partial charge in [0, 0.05) is 13.1 Å². The second-order valence-electron chi connectivity index (χ2n) is 4.35. The van der Waals surface area contributed by atoms with Crippen molar-refractivity contribution in [2.75, 3.05) is 19.7 Å². The normalized spacial score (nSPS) is 19.0. The molecule has 1 heterocycles. The smallest absolute Gasteiger partial charge is 0.246 e. The van der Waals surface area contributed by atoms with E-state index >= 15 is 0 Å². The van der Waals surface area contributed by atoms with Gasteiger partial charge in [-0.3, -0.25) is 14.5 Å². The van der Waals surface area contributed by atoms with Gasteiger partial charge in [0.05, 0.1) is 12.5 Å². The molecule has 2 amide bonds. The molecular formula is C14H18N2O3. The molecule has 0 saturated carbocycles. The number of carbonyl (C=O) groups excluding carboxylic acids is 2. The fourth-order valence-electron chi connectivity index (χ4n) is 2.09. The van der Waals surface area contributed by atoms with E-state index in [4.69, 9.17) is 4.74 Å². The summed E-state index contributed by atoms with van der Waals surface area (Å²) in [4.78, 5) is 24.6. The van der Waals surface area contributed by atoms with E-state index in [-0.39, 0.29) is 18.2 Å². The van der Waals surface area contributed by atoms with Gasteiger partial charge in [-0.15, -0.1) is 0 Å². The van der Waals surface area contributed by atoms with E-state index in [2.05, 4.69) is 5.32 Å². The molecule has 19 heavy (non-hydrogen) atoms. The van der Waals surface area contributed by atoms with Gasteiger partial charge in [-0.2, -0.15) is 0 Å². The number of imide groups is 1. The number of nitrogens with one attached hydrogen (secondary N) is 1. The number of likely N-dealkylation sites (tertiary alicyclic amines) is 1. The lowest BCUT2D eigenvalue weighted by molar-refractivity contribution is -0.138. The van der Waals surface area contributed by atoms with E-state index in [0.29, 0.717) is 19.7 Å². The molecule has 1 aromatic rings. The average Bonchev–Trinajstić information content (AvgIpc) is 2.70. The predicted molar refractivity (Wildman–Crippen MR) is 70.7 cm³/mol. The van der Waals surface area contributed by atoms with Crippen molar-refractivity contribution in [1.29, 1.82) is 0 Å². The summed E-state index contributed by atoms with van der Waals surface area (Å²) in [5.41, 5.74) is 0. The molecule has 2 rings (SSSR count). The first-order valence-corrected chi connectivity index (χ1v) is 6.47. The number of benzene rings is 1. The fraction of sp³-hybridized carbons (Fsp3) is 0.429. The highest BCUT2D eigenvalue weighted by molar-refractivity contribution is 6.05. The highest BCUT2D eigenvalue weighted by Crippen LogP contribution is 2.12. The number of likely N-dealkylation sites (N-methyl/N-ethyl adjacent to an activating group) is 1. The predicted octanol–water partition coefficient (Wildman–Crippen LogP) is 0.802. The van der Waals surface area contributed by atoms with Crippen molar-refractivity contribution in [1.82, 2.24) is 10.2 Å². The Bertz CT molecular complexity index is 447. The van der Waals surface area contributed by atoms with E-state index in [1.807, 2.05) is 30.3 Å². The lowest BCUT2D eigenvalue weighted by Crippen LogP contribution is -2.40. The number of hydrogen-bond acceptors (Lipinski definition) is 4. The minimum atomic E-state index is -0.396. The molecule has 0 aliphatic carbocycles. The second kappa shape index (κ2) is 6.33. The third-order valence-electron chi connectivity index (χ3n) is 3.06. The first-order valence-electron chi connectivity index (χ1n) is 6.47. The third-order valence-corrected chi connectivity index (χ3v) is 3.06. The number of para-hydroxylation sites is 1. The first kappa shape index (κ1) is 13.5. The van der Waals surface area contributed by atoms with Gasteiger partial charge in [0.1, 0.15) is 12.4 Å². The van der Waals surface area contributed by atoms with Crippen LogP contribution in [0.25, 0.3) is 0 Å². The summed E-state index contributed by atoms with van der Waals surface area (Å²) in [6, 6.07) is 9.09. The van der Waals surface area contributed by atoms with Gasteiger partial charge in [-0.25, -0.2) is 0 Å². The number of hydrogen-bond donors (Lipinski definition) is 1. The zero-order valence-corrected chi connectivity index (χ0v) is 11.0. The zero-order valence-electron chi connectivity index (χ0n) is 11.0. The van der Waals surface area contributed by atoms with Crippen LogP contribution in [-0.2, 0) is 9.59 Å². The van der Waals surface area contributed by atoms with Crippen molar-refractivity contribution in [2.24, 2.45) is 0 Å². The summed E-state index contributed by atoms with van der Waals surface area (Å²) >= 11 is 0. The summed E-state index contributed by atoms with van der Waals surface area (Å²) in [5.74, 6) is 0.564. The Labute approximate surface area is 112 Å². The van der Waals surface area contributed by atoms with Gasteiger partial charge in [0.2, 0.25) is 11.8 Å². The molecule has 102 valence electrons. The molecule has 1 aliphatic rings. The molecule has 1 unspecified atom stereocenters. The lowest BCUT2D eigenvalue weighted by Gasteiger charge is -2.13. The van der Waals surface area contributed by atoms with Crippen LogP contribution in [-0.4, -0.2) is 42.5 Å². The van der Waals surface area contributed by atoms with E-state index < -0.39 is 6.04 Å². The molecule has 1 aliphatic heterocycles. The third kappa shape index (κ3) is 3.32. The average molecular weight is 262 g/mol. The van der Waals surface area contributed by atoms with Crippen molar-refractivity contribution >= 4 is 11.8 Å². The van der Waals surface area contributed by atoms with E-state index in [0.717, 1.165) is 5.75 Å². The molecule has 1 fully saturated rings. The molecule has 5 heteroatoms. The maximum atomic E-state index is 11.8. The van der Waals surface area contributed by atoms with Crippen LogP contribution in [0, 0.1) is 0 Å². The summed E-state index contributed by atoms with van der Waals surface area (Å²) in [6.45, 7) is 3.25. The van der Waals surface area contributed by atoms with Gasteiger partial charge in [0.25, 0.3) is 0 Å². The monoisotopic (exact) mass is 262 g/mol. The Morgan fingerprint density at radius 3 is 2.68 bits per heavy atom. The standard InChI is InChI=1S/C14H18N2O3/c1-2-16-13(17)10-12(14(16)18)15-8-9-19-11-6-4-3-5-7-11/h3-7,12,15H,2,8-10H2,1H3. The van der Waals surface area contributed by atoms with Crippen LogP contribution in [0.4, 0.5) is 0 Å². The molecule has 0 aromatic heterocycles. The molecule has 1 atom stereocenters. The molecular weight excluding hydrogens is 244 g/mol. The Hall–Kier alpha value is -1.88. The summed E-state index contributed by atoms with van der Waals surface area (Å²) in [6.07, 6.45) is 0.248. The number of rotatable bonds is 6. The number of nitrogens with zero attached hydrogens (tertiary/aromatic N) is 1. The Kier molecular flexibility index (Phi) is 4.52. The topological polar surface area (TPSA) is 58.6 Å². The summed E-state index contributed by atoms with van der Waals surface area (Å²) in [5, 5.41) is 3.06. The Morgan fingerprint density at radius 2 is 2.05 bits per heavy atom. The summed E-state index contributed by atoms with van der Waals surface area (Å²) in [7, 11) is 0. The van der Waals surface area contributed by atoms with Crippen LogP contribution >= 0.6 is 0 Å². The van der Waals surface area contributed by atoms with Crippen molar-refractivity contribution < 1.29 is 14.3 Å². The maximum absolute atomic E-state index is 11.8. The Balaban J connectivity index is 1.72. The van der Waals surface area contributed by atoms with E-state index in [1.165, 1.54) is 4.90 Å². The molecule has 0 radical (unpaired) electrons. The van der Waals surface area contributed by atoms with Crippen molar-refractivity contribution in [2.45, 2.75) is 19.4 Å². The van der Waals surface area contributed by atoms with Gasteiger partial charge >= 0.3 is 0 Å². The van der Waals surface area contributed by atoms with Crippen molar-refractivity contribution in [3.05, 3.63) is 30.3 Å². The highest BCUT2D eigenvalue weighted by Gasteiger charge is 2.36. The van der Waals surface area contributed by atoms with Gasteiger partial charge < -0.3 is 10.1 Å². The highest BCUT2D eigenvalue weighted by atomic mass is 16.5. The molecule has 0 spiro atoms. The van der Waals surface area contributed by atoms with Crippen LogP contribution in [0.1, 0.15) is 13.3 Å². The minimum Gasteiger partial charge on any atom is -0.492 e. The molecule has 1 N–H and O–H groups in total. The van der Waals surface area contributed by atoms with Gasteiger partial charge in [-0.1, -0.05) is 18.2 Å². The molecule has 1 saturated heterocycles. The summed E-state index contributed by atoms with van der Waals surface area (Å²) < 4.78 is 5.51. The van der Waals surface area contributed by atoms with Crippen molar-refractivity contribution in [3.63, 3.8) is 0 Å². The van der Waals surface area contributed by atoms with Crippen LogP contribution in [0.15, 0.2) is 30.3 Å². The van der Waals surface area contributed by atoms with Crippen LogP contribution in [0.2, 0.25) is 0 Å². The van der Waals surface area contributed by atoms with Gasteiger partial charge in [-0.05, 0) is 19.1 Å². The van der Waals surface area contributed by atoms with Crippen molar-refractivity contribution in [3.8, 4) is 5.75 Å². The minimum absolute atomic E-state index is 0.103. The second-order valence-corrected chi connectivity index (χ2v) is 4.35. The first-order chi connectivity index (χ1) is 9.22. The maximum Gasteiger partial charge on any atom is 0.246 e. The quantitative estimate of drug-likeness (QED) is 0.608. The largest absolute Gasteiger partial charge is 0.492 e. The number of carbonyl (C=O) groups is 2. The van der Waals surface area contributed by atoms with Crippen LogP contribution < -0.4 is 10.1 Å².